The standard InChI is InChI=1S/C15H17ClN4O3/c1-9(2)17-13(21)8-23-15(22)14-10(3)20(19-18-14)12-7-5-4-6-11(12)16/h4-7,9H,8H2,1-3H3,(H,17,21). The van der Waals surface area contributed by atoms with E-state index in [4.69, 9.17) is 16.3 Å². The lowest BCUT2D eigenvalue weighted by Crippen LogP contribution is -2.34. The van der Waals surface area contributed by atoms with Crippen molar-refractivity contribution in [3.05, 3.63) is 40.7 Å². The lowest BCUT2D eigenvalue weighted by Gasteiger charge is -2.08. The lowest BCUT2D eigenvalue weighted by molar-refractivity contribution is -0.124. The fourth-order valence-corrected chi connectivity index (χ4v) is 2.15. The van der Waals surface area contributed by atoms with Crippen LogP contribution < -0.4 is 5.32 Å². The van der Waals surface area contributed by atoms with Crippen LogP contribution in [-0.4, -0.2) is 39.5 Å². The Hall–Kier alpha value is -2.41. The molecule has 2 rings (SSSR count). The number of hydrogen-bond acceptors (Lipinski definition) is 5. The molecule has 23 heavy (non-hydrogen) atoms. The van der Waals surface area contributed by atoms with Gasteiger partial charge in [-0.1, -0.05) is 28.9 Å². The van der Waals surface area contributed by atoms with Gasteiger partial charge in [0.1, 0.15) is 0 Å². The predicted molar refractivity (Wildman–Crippen MR) is 84.7 cm³/mol. The number of carbonyl (C=O) groups is 2. The second-order valence-corrected chi connectivity index (χ2v) is 5.59. The Bertz CT molecular complexity index is 727. The normalized spacial score (nSPS) is 10.7. The van der Waals surface area contributed by atoms with Crippen LogP contribution in [0.2, 0.25) is 5.02 Å². The number of esters is 1. The van der Waals surface area contributed by atoms with Crippen LogP contribution in [0.3, 0.4) is 0 Å². The van der Waals surface area contributed by atoms with E-state index < -0.39 is 5.97 Å². The SMILES string of the molecule is Cc1c(C(=O)OCC(=O)NC(C)C)nnn1-c1ccccc1Cl. The second kappa shape index (κ2) is 7.23. The second-order valence-electron chi connectivity index (χ2n) is 5.19. The average Bonchev–Trinajstić information content (AvgIpc) is 2.86. The molecule has 1 N–H and O–H groups in total. The third kappa shape index (κ3) is 4.07. The number of amides is 1. The van der Waals surface area contributed by atoms with Gasteiger partial charge in [0.05, 0.1) is 16.4 Å². The summed E-state index contributed by atoms with van der Waals surface area (Å²) in [4.78, 5) is 23.5. The highest BCUT2D eigenvalue weighted by atomic mass is 35.5. The lowest BCUT2D eigenvalue weighted by atomic mass is 10.3. The van der Waals surface area contributed by atoms with Crippen LogP contribution >= 0.6 is 11.6 Å². The number of benzene rings is 1. The molecule has 0 bridgehead atoms. The van der Waals surface area contributed by atoms with Crippen molar-refractivity contribution in [2.24, 2.45) is 0 Å². The summed E-state index contributed by atoms with van der Waals surface area (Å²) in [6, 6.07) is 7.04. The number of hydrogen-bond donors (Lipinski definition) is 1. The van der Waals surface area contributed by atoms with Gasteiger partial charge in [0, 0.05) is 6.04 Å². The summed E-state index contributed by atoms with van der Waals surface area (Å²) >= 11 is 6.11. The van der Waals surface area contributed by atoms with Crippen LogP contribution in [0.15, 0.2) is 24.3 Å². The Kier molecular flexibility index (Phi) is 5.33. The predicted octanol–water partition coefficient (Wildman–Crippen LogP) is 1.91. The molecule has 0 unspecified atom stereocenters. The maximum Gasteiger partial charge on any atom is 0.361 e. The van der Waals surface area contributed by atoms with Gasteiger partial charge in [-0.25, -0.2) is 9.48 Å². The summed E-state index contributed by atoms with van der Waals surface area (Å²) in [5.74, 6) is -1.08. The first-order valence-electron chi connectivity index (χ1n) is 7.04. The zero-order valence-electron chi connectivity index (χ0n) is 13.0. The van der Waals surface area contributed by atoms with Crippen LogP contribution in [0.4, 0.5) is 0 Å². The molecule has 0 saturated heterocycles. The van der Waals surface area contributed by atoms with Crippen LogP contribution in [-0.2, 0) is 9.53 Å². The van der Waals surface area contributed by atoms with E-state index in [1.54, 1.807) is 31.2 Å². The topological polar surface area (TPSA) is 86.1 Å². The number of para-hydroxylation sites is 1. The number of nitrogens with zero attached hydrogens (tertiary/aromatic N) is 3. The van der Waals surface area contributed by atoms with E-state index in [2.05, 4.69) is 15.6 Å². The molecule has 0 saturated carbocycles. The molecule has 0 radical (unpaired) electrons. The van der Waals surface area contributed by atoms with E-state index >= 15 is 0 Å². The van der Waals surface area contributed by atoms with Crippen molar-refractivity contribution in [3.63, 3.8) is 0 Å². The highest BCUT2D eigenvalue weighted by Crippen LogP contribution is 2.21. The largest absolute Gasteiger partial charge is 0.451 e. The highest BCUT2D eigenvalue weighted by molar-refractivity contribution is 6.32. The summed E-state index contributed by atoms with van der Waals surface area (Å²) in [6.07, 6.45) is 0. The molecule has 0 atom stereocenters. The maximum absolute atomic E-state index is 12.0. The zero-order valence-corrected chi connectivity index (χ0v) is 13.8. The molecule has 1 aromatic carbocycles. The van der Waals surface area contributed by atoms with E-state index in [0.717, 1.165) is 0 Å². The van der Waals surface area contributed by atoms with Gasteiger partial charge in [0.2, 0.25) is 0 Å². The zero-order chi connectivity index (χ0) is 17.0. The summed E-state index contributed by atoms with van der Waals surface area (Å²) in [6.45, 7) is 4.95. The fraction of sp³-hybridized carbons (Fsp3) is 0.333. The quantitative estimate of drug-likeness (QED) is 0.843. The molecule has 0 spiro atoms. The monoisotopic (exact) mass is 336 g/mol. The minimum Gasteiger partial charge on any atom is -0.451 e. The van der Waals surface area contributed by atoms with Gasteiger partial charge < -0.3 is 10.1 Å². The van der Waals surface area contributed by atoms with E-state index in [-0.39, 0.29) is 24.2 Å². The first-order valence-corrected chi connectivity index (χ1v) is 7.41. The van der Waals surface area contributed by atoms with Gasteiger partial charge >= 0.3 is 5.97 Å². The van der Waals surface area contributed by atoms with Crippen molar-refractivity contribution in [2.45, 2.75) is 26.8 Å². The first kappa shape index (κ1) is 17.0. The number of carbonyl (C=O) groups excluding carboxylic acids is 2. The minimum atomic E-state index is -0.709. The highest BCUT2D eigenvalue weighted by Gasteiger charge is 2.20. The molecule has 7 nitrogen and oxygen atoms in total. The van der Waals surface area contributed by atoms with Crippen LogP contribution in [0.1, 0.15) is 30.0 Å². The van der Waals surface area contributed by atoms with Crippen LogP contribution in [0.25, 0.3) is 5.69 Å². The Morgan fingerprint density at radius 2 is 2.04 bits per heavy atom. The Balaban J connectivity index is 2.12. The summed E-state index contributed by atoms with van der Waals surface area (Å²) < 4.78 is 6.40. The molecule has 1 aromatic heterocycles. The smallest absolute Gasteiger partial charge is 0.361 e. The van der Waals surface area contributed by atoms with E-state index in [0.29, 0.717) is 16.4 Å². The van der Waals surface area contributed by atoms with Gasteiger partial charge in [-0.3, -0.25) is 4.79 Å². The van der Waals surface area contributed by atoms with E-state index in [9.17, 15) is 9.59 Å². The first-order chi connectivity index (χ1) is 10.9. The number of rotatable bonds is 5. The average molecular weight is 337 g/mol. The summed E-state index contributed by atoms with van der Waals surface area (Å²) in [7, 11) is 0. The van der Waals surface area contributed by atoms with Gasteiger partial charge in [0.25, 0.3) is 5.91 Å². The van der Waals surface area contributed by atoms with Gasteiger partial charge in [-0.05, 0) is 32.9 Å². The van der Waals surface area contributed by atoms with Crippen LogP contribution in [0.5, 0.6) is 0 Å². The van der Waals surface area contributed by atoms with Crippen molar-refractivity contribution in [1.29, 1.82) is 0 Å². The molecule has 2 aromatic rings. The molecule has 0 aliphatic rings. The summed E-state index contributed by atoms with van der Waals surface area (Å²) in [5, 5.41) is 10.9. The molecule has 0 aliphatic heterocycles. The molecular weight excluding hydrogens is 320 g/mol. The third-order valence-corrected chi connectivity index (χ3v) is 3.27. The van der Waals surface area contributed by atoms with E-state index in [1.165, 1.54) is 4.68 Å². The van der Waals surface area contributed by atoms with Crippen molar-refractivity contribution in [2.75, 3.05) is 6.61 Å². The van der Waals surface area contributed by atoms with Crippen molar-refractivity contribution < 1.29 is 14.3 Å². The maximum atomic E-state index is 12.0. The van der Waals surface area contributed by atoms with Crippen LogP contribution in [0, 0.1) is 6.92 Å². The molecular formula is C15H17ClN4O3. The molecule has 0 aliphatic carbocycles. The Morgan fingerprint density at radius 3 is 2.70 bits per heavy atom. The van der Waals surface area contributed by atoms with E-state index in [1.807, 2.05) is 13.8 Å². The van der Waals surface area contributed by atoms with Crippen molar-refractivity contribution >= 4 is 23.5 Å². The molecule has 122 valence electrons. The summed E-state index contributed by atoms with van der Waals surface area (Å²) in [5.41, 5.74) is 1.13. The van der Waals surface area contributed by atoms with Gasteiger partial charge in [-0.2, -0.15) is 0 Å². The number of nitrogens with one attached hydrogen (secondary N) is 1. The van der Waals surface area contributed by atoms with Gasteiger partial charge in [0.15, 0.2) is 12.3 Å². The molecule has 1 amide bonds. The molecule has 1 heterocycles. The Labute approximate surface area is 138 Å². The Morgan fingerprint density at radius 1 is 1.35 bits per heavy atom. The number of aromatic nitrogens is 3. The fourth-order valence-electron chi connectivity index (χ4n) is 1.93. The molecule has 8 heteroatoms. The van der Waals surface area contributed by atoms with Crippen molar-refractivity contribution in [1.82, 2.24) is 20.3 Å². The number of ether oxygens (including phenoxy) is 1. The number of halogens is 1. The molecule has 0 fully saturated rings. The minimum absolute atomic E-state index is 0.0240. The van der Waals surface area contributed by atoms with Gasteiger partial charge in [-0.15, -0.1) is 5.10 Å². The van der Waals surface area contributed by atoms with Crippen molar-refractivity contribution in [3.8, 4) is 5.69 Å². The third-order valence-electron chi connectivity index (χ3n) is 2.95.